The molecule has 3 aliphatic heterocycles. The Morgan fingerprint density at radius 2 is 2.11 bits per heavy atom. The molecule has 11 heteroatoms. The summed E-state index contributed by atoms with van der Waals surface area (Å²) in [6.45, 7) is 0.584. The van der Waals surface area contributed by atoms with Crippen LogP contribution < -0.4 is 21.1 Å². The number of aromatic nitrogens is 1. The van der Waals surface area contributed by atoms with Crippen LogP contribution in [0.15, 0.2) is 54.4 Å². The van der Waals surface area contributed by atoms with Crippen LogP contribution in [0.3, 0.4) is 0 Å². The average molecular weight is 484 g/mol. The molecule has 4 atom stereocenters. The number of nitrogens with one attached hydrogen (secondary N) is 2. The number of fused-ring (bicyclic) bond motifs is 2. The number of rotatable bonds is 6. The largest absolute Gasteiger partial charge is 0.492 e. The fourth-order valence-electron chi connectivity index (χ4n) is 4.19. The maximum absolute atomic E-state index is 15.6. The van der Waals surface area contributed by atoms with Crippen molar-refractivity contribution in [1.29, 1.82) is 0 Å². The number of nitrogens with zero attached hydrogens (tertiary/aromatic N) is 1. The molecular formula is C24H22F2N4O5. The van der Waals surface area contributed by atoms with E-state index < -0.39 is 41.1 Å². The van der Waals surface area contributed by atoms with Crippen molar-refractivity contribution in [3.63, 3.8) is 0 Å². The summed E-state index contributed by atoms with van der Waals surface area (Å²) in [4.78, 5) is 29.0. The lowest BCUT2D eigenvalue weighted by Gasteiger charge is -2.23. The monoisotopic (exact) mass is 484 g/mol. The molecule has 35 heavy (non-hydrogen) atoms. The van der Waals surface area contributed by atoms with Crippen LogP contribution >= 0.6 is 0 Å². The highest BCUT2D eigenvalue weighted by Gasteiger charge is 2.46. The van der Waals surface area contributed by atoms with Crippen molar-refractivity contribution in [2.24, 2.45) is 5.73 Å². The molecule has 2 unspecified atom stereocenters. The highest BCUT2D eigenvalue weighted by Crippen LogP contribution is 2.45. The van der Waals surface area contributed by atoms with Crippen molar-refractivity contribution in [3.05, 3.63) is 71.5 Å². The van der Waals surface area contributed by atoms with Crippen molar-refractivity contribution in [3.8, 4) is 17.0 Å². The minimum atomic E-state index is -3.12. The van der Waals surface area contributed by atoms with Gasteiger partial charge in [0.25, 0.3) is 11.8 Å². The number of primary amides is 1. The van der Waals surface area contributed by atoms with E-state index in [1.807, 2.05) is 0 Å². The number of aliphatic hydroxyl groups is 1. The smallest absolute Gasteiger partial charge is 0.267 e. The van der Waals surface area contributed by atoms with Gasteiger partial charge in [0.05, 0.1) is 18.8 Å². The Labute approximate surface area is 198 Å². The first kappa shape index (κ1) is 22.8. The number of benzene rings is 1. The molecule has 4 heterocycles. The molecule has 182 valence electrons. The number of carbonyl (C=O) groups excluding carboxylic acids is 2. The van der Waals surface area contributed by atoms with Gasteiger partial charge in [0.15, 0.2) is 0 Å². The molecule has 0 aliphatic carbocycles. The van der Waals surface area contributed by atoms with Crippen LogP contribution in [0.25, 0.3) is 11.3 Å². The number of pyridine rings is 1. The first-order valence-corrected chi connectivity index (χ1v) is 10.8. The molecule has 1 aromatic heterocycles. The van der Waals surface area contributed by atoms with Crippen molar-refractivity contribution in [1.82, 2.24) is 15.6 Å². The lowest BCUT2D eigenvalue weighted by atomic mass is 9.83. The third kappa shape index (κ3) is 3.87. The number of nitrogens with two attached hydrogens (primary N) is 1. The van der Waals surface area contributed by atoms with E-state index in [1.54, 1.807) is 12.2 Å². The summed E-state index contributed by atoms with van der Waals surface area (Å²) in [6, 6.07) is 6.21. The number of halogens is 2. The van der Waals surface area contributed by atoms with Gasteiger partial charge in [-0.1, -0.05) is 0 Å². The lowest BCUT2D eigenvalue weighted by Crippen LogP contribution is -2.42. The fraction of sp³-hybridized carbons (Fsp3) is 0.292. The van der Waals surface area contributed by atoms with Crippen LogP contribution in [-0.4, -0.2) is 47.2 Å². The van der Waals surface area contributed by atoms with Crippen molar-refractivity contribution < 1.29 is 33.0 Å². The molecule has 5 N–H and O–H groups in total. The second-order valence-electron chi connectivity index (χ2n) is 8.85. The number of hydrogen-bond acceptors (Lipinski definition) is 7. The number of amides is 2. The highest BCUT2D eigenvalue weighted by molar-refractivity contribution is 5.93. The lowest BCUT2D eigenvalue weighted by molar-refractivity contribution is -0.125. The van der Waals surface area contributed by atoms with E-state index in [2.05, 4.69) is 15.6 Å². The average Bonchev–Trinajstić information content (AvgIpc) is 3.52. The third-order valence-corrected chi connectivity index (χ3v) is 6.38. The van der Waals surface area contributed by atoms with E-state index in [9.17, 15) is 19.1 Å². The Morgan fingerprint density at radius 3 is 2.80 bits per heavy atom. The van der Waals surface area contributed by atoms with Crippen LogP contribution in [0.5, 0.6) is 5.75 Å². The van der Waals surface area contributed by atoms with E-state index in [-0.39, 0.29) is 41.5 Å². The summed E-state index contributed by atoms with van der Waals surface area (Å²) in [5.74, 6) is -4.78. The van der Waals surface area contributed by atoms with Gasteiger partial charge in [-0.3, -0.25) is 9.59 Å². The summed E-state index contributed by atoms with van der Waals surface area (Å²) in [7, 11) is 0. The van der Waals surface area contributed by atoms with Crippen molar-refractivity contribution >= 4 is 11.8 Å². The van der Waals surface area contributed by atoms with E-state index in [0.717, 1.165) is 0 Å². The zero-order valence-corrected chi connectivity index (χ0v) is 18.5. The summed E-state index contributed by atoms with van der Waals surface area (Å²) < 4.78 is 40.1. The van der Waals surface area contributed by atoms with E-state index in [4.69, 9.17) is 15.2 Å². The molecular weight excluding hydrogens is 462 g/mol. The normalized spacial score (nSPS) is 25.4. The molecule has 0 saturated heterocycles. The van der Waals surface area contributed by atoms with Gasteiger partial charge in [-0.2, -0.15) is 0 Å². The maximum Gasteiger partial charge on any atom is 0.267 e. The molecule has 5 rings (SSSR count). The quantitative estimate of drug-likeness (QED) is 0.481. The summed E-state index contributed by atoms with van der Waals surface area (Å²) in [6.07, 6.45) is 4.50. The highest BCUT2D eigenvalue weighted by atomic mass is 19.2. The van der Waals surface area contributed by atoms with Gasteiger partial charge in [-0.15, -0.1) is 0 Å². The molecule has 2 amide bonds. The second kappa shape index (κ2) is 8.05. The van der Waals surface area contributed by atoms with Gasteiger partial charge >= 0.3 is 0 Å². The van der Waals surface area contributed by atoms with Gasteiger partial charge in [-0.05, 0) is 49.4 Å². The maximum atomic E-state index is 15.6. The fourth-order valence-corrected chi connectivity index (χ4v) is 4.19. The molecule has 1 aromatic carbocycles. The van der Waals surface area contributed by atoms with Gasteiger partial charge in [-0.25, -0.2) is 13.8 Å². The minimum Gasteiger partial charge on any atom is -0.492 e. The molecule has 2 aromatic rings. The zero-order valence-electron chi connectivity index (χ0n) is 18.5. The van der Waals surface area contributed by atoms with Crippen molar-refractivity contribution in [2.45, 2.75) is 30.3 Å². The molecule has 0 radical (unpaired) electrons. The van der Waals surface area contributed by atoms with Gasteiger partial charge < -0.3 is 30.9 Å². The number of ether oxygens (including phenoxy) is 2. The first-order valence-electron chi connectivity index (χ1n) is 10.8. The second-order valence-corrected chi connectivity index (χ2v) is 8.85. The predicted molar refractivity (Wildman–Crippen MR) is 119 cm³/mol. The zero-order chi connectivity index (χ0) is 25.0. The molecule has 0 bridgehead atoms. The summed E-state index contributed by atoms with van der Waals surface area (Å²) >= 11 is 0. The van der Waals surface area contributed by atoms with Gasteiger partial charge in [0, 0.05) is 11.1 Å². The van der Waals surface area contributed by atoms with Crippen LogP contribution in [-0.2, 0) is 25.6 Å². The Balaban J connectivity index is 1.46. The number of alkyl halides is 1. The van der Waals surface area contributed by atoms with Crippen LogP contribution in [0.4, 0.5) is 8.78 Å². The molecule has 0 saturated carbocycles. The van der Waals surface area contributed by atoms with Gasteiger partial charge in [0.2, 0.25) is 5.91 Å². The van der Waals surface area contributed by atoms with E-state index in [0.29, 0.717) is 5.56 Å². The SMILES string of the molecule is C[C@]1(C(N)=O)COc2c1cc([C@](O)(F)CNC(=O)C1=CC3OC=CC3N1)nc2-c1ccc(F)cc1. The van der Waals surface area contributed by atoms with Gasteiger partial charge in [0.1, 0.15) is 46.8 Å². The topological polar surface area (TPSA) is 136 Å². The molecule has 0 fully saturated rings. The summed E-state index contributed by atoms with van der Waals surface area (Å²) in [5.41, 5.74) is 4.70. The molecule has 3 aliphatic rings. The predicted octanol–water partition coefficient (Wildman–Crippen LogP) is 1.02. The Hall–Kier alpha value is -3.99. The standard InChI is InChI=1S/C24H22F2N4O5/c1-23(22(27)32)11-35-20-14(23)8-18(30-19(20)12-2-4-13(25)5-3-12)24(26,33)10-28-21(31)16-9-17-15(29-16)6-7-34-17/h2-9,15,17,29,33H,10-11H2,1H3,(H2,27,32)(H,28,31)/t15?,17?,23-,24-/m0/s1. The molecule has 9 nitrogen and oxygen atoms in total. The first-order chi connectivity index (χ1) is 16.6. The number of carbonyl (C=O) groups is 2. The molecule has 0 spiro atoms. The van der Waals surface area contributed by atoms with E-state index in [1.165, 1.54) is 43.5 Å². The van der Waals surface area contributed by atoms with Crippen LogP contribution in [0.2, 0.25) is 0 Å². The third-order valence-electron chi connectivity index (χ3n) is 6.38. The van der Waals surface area contributed by atoms with Crippen LogP contribution in [0, 0.1) is 5.82 Å². The number of hydrogen-bond donors (Lipinski definition) is 4. The van der Waals surface area contributed by atoms with Crippen molar-refractivity contribution in [2.75, 3.05) is 13.2 Å². The Morgan fingerprint density at radius 1 is 1.37 bits per heavy atom. The Bertz CT molecular complexity index is 1280. The summed E-state index contributed by atoms with van der Waals surface area (Å²) in [5, 5.41) is 15.9. The van der Waals surface area contributed by atoms with Crippen LogP contribution in [0.1, 0.15) is 18.2 Å². The Kier molecular flexibility index (Phi) is 5.24. The minimum absolute atomic E-state index is 0.0989. The van der Waals surface area contributed by atoms with E-state index >= 15 is 4.39 Å².